The van der Waals surface area contributed by atoms with Crippen LogP contribution in [-0.4, -0.2) is 36.1 Å². The molecule has 0 bridgehead atoms. The van der Waals surface area contributed by atoms with Crippen LogP contribution in [-0.2, 0) is 0 Å². The minimum atomic E-state index is -1.20. The molecule has 2 aromatic rings. The highest BCUT2D eigenvalue weighted by Crippen LogP contribution is 2.43. The molecule has 9 nitrogen and oxygen atoms in total. The number of quaternary nitrogens is 1. The van der Waals surface area contributed by atoms with Crippen LogP contribution >= 0.6 is 0 Å². The highest BCUT2D eigenvalue weighted by atomic mass is 16.6. The number of piperidine rings is 1. The molecule has 0 saturated carbocycles. The van der Waals surface area contributed by atoms with Crippen LogP contribution in [0.3, 0.4) is 0 Å². The van der Waals surface area contributed by atoms with Crippen LogP contribution in [0, 0.1) is 25.6 Å². The van der Waals surface area contributed by atoms with E-state index in [1.807, 2.05) is 0 Å². The Balaban J connectivity index is 2.11. The zero-order chi connectivity index (χ0) is 22.1. The van der Waals surface area contributed by atoms with Crippen molar-refractivity contribution < 1.29 is 24.6 Å². The van der Waals surface area contributed by atoms with Gasteiger partial charge in [0.1, 0.15) is 16.9 Å². The van der Waals surface area contributed by atoms with E-state index in [-0.39, 0.29) is 9.85 Å². The summed E-state index contributed by atoms with van der Waals surface area (Å²) in [4.78, 5) is 23.4. The summed E-state index contributed by atoms with van der Waals surface area (Å²) in [5.41, 5.74) is 0.258. The van der Waals surface area contributed by atoms with Gasteiger partial charge in [-0.3, -0.25) is 20.2 Å². The Morgan fingerprint density at radius 2 is 1.10 bits per heavy atom. The number of ether oxygens (including phenoxy) is 2. The van der Waals surface area contributed by atoms with Crippen molar-refractivity contribution in [1.29, 1.82) is 0 Å². The second kappa shape index (κ2) is 8.27. The van der Waals surface area contributed by atoms with Gasteiger partial charge in [-0.25, -0.2) is 0 Å². The van der Waals surface area contributed by atoms with E-state index in [0.29, 0.717) is 11.5 Å². The quantitative estimate of drug-likeness (QED) is 0.570. The molecule has 30 heavy (non-hydrogen) atoms. The Kier molecular flexibility index (Phi) is 5.93. The summed E-state index contributed by atoms with van der Waals surface area (Å²) >= 11 is 0. The second-order valence-electron chi connectivity index (χ2n) is 8.07. The van der Waals surface area contributed by atoms with Crippen LogP contribution in [0.15, 0.2) is 48.5 Å². The minimum absolute atomic E-state index is 0.383. The van der Waals surface area contributed by atoms with Gasteiger partial charge in [-0.15, -0.1) is 0 Å². The second-order valence-corrected chi connectivity index (χ2v) is 8.07. The van der Waals surface area contributed by atoms with Crippen molar-refractivity contribution in [3.05, 3.63) is 79.9 Å². The summed E-state index contributed by atoms with van der Waals surface area (Å²) in [6, 6.07) is 10.6. The smallest absolute Gasteiger partial charge is 0.279 e. The van der Waals surface area contributed by atoms with E-state index >= 15 is 0 Å². The first-order valence-electron chi connectivity index (χ1n) is 9.60. The fourth-order valence-electron chi connectivity index (χ4n) is 4.58. The average molecular weight is 416 g/mol. The van der Waals surface area contributed by atoms with Crippen molar-refractivity contribution in [3.63, 3.8) is 0 Å². The molecule has 1 aliphatic rings. The molecule has 9 heteroatoms. The normalized spacial score (nSPS) is 25.3. The molecule has 0 amide bonds. The van der Waals surface area contributed by atoms with Crippen molar-refractivity contribution in [2.75, 3.05) is 14.2 Å². The van der Waals surface area contributed by atoms with Gasteiger partial charge in [-0.1, -0.05) is 0 Å². The molecule has 0 unspecified atom stereocenters. The largest absolute Gasteiger partial charge is 0.497 e. The van der Waals surface area contributed by atoms with E-state index in [4.69, 9.17) is 9.47 Å². The van der Waals surface area contributed by atoms with Crippen molar-refractivity contribution in [2.45, 2.75) is 38.0 Å². The van der Waals surface area contributed by atoms with Crippen molar-refractivity contribution in [2.24, 2.45) is 5.41 Å². The molecule has 3 rings (SSSR count). The van der Waals surface area contributed by atoms with E-state index in [0.717, 1.165) is 11.1 Å². The van der Waals surface area contributed by atoms with E-state index in [1.54, 1.807) is 81.9 Å². The topological polar surface area (TPSA) is 121 Å². The lowest BCUT2D eigenvalue weighted by molar-refractivity contribution is -0.818. The fourth-order valence-corrected chi connectivity index (χ4v) is 4.58. The molecule has 0 aromatic heterocycles. The summed E-state index contributed by atoms with van der Waals surface area (Å²) in [6.45, 7) is 3.24. The monoisotopic (exact) mass is 416 g/mol. The van der Waals surface area contributed by atoms with E-state index in [9.17, 15) is 20.2 Å². The third-order valence-corrected chi connectivity index (χ3v) is 6.08. The van der Waals surface area contributed by atoms with Crippen LogP contribution in [0.25, 0.3) is 0 Å². The highest BCUT2D eigenvalue weighted by molar-refractivity contribution is 5.32. The molecule has 160 valence electrons. The van der Waals surface area contributed by atoms with Gasteiger partial charge in [0.2, 0.25) is 0 Å². The molecule has 1 aliphatic heterocycles. The lowest BCUT2D eigenvalue weighted by Gasteiger charge is -2.41. The van der Waals surface area contributed by atoms with Crippen LogP contribution in [0.2, 0.25) is 0 Å². The summed E-state index contributed by atoms with van der Waals surface area (Å²) in [6.07, 6.45) is 0. The first kappa shape index (κ1) is 21.5. The zero-order valence-electron chi connectivity index (χ0n) is 17.3. The number of hydrogen-bond donors (Lipinski definition) is 1. The Morgan fingerprint density at radius 3 is 1.37 bits per heavy atom. The lowest BCUT2D eigenvalue weighted by Crippen LogP contribution is -2.96. The first-order valence-corrected chi connectivity index (χ1v) is 9.60. The Labute approximate surface area is 174 Å². The van der Waals surface area contributed by atoms with Gasteiger partial charge >= 0.3 is 0 Å². The SMILES string of the molecule is COc1ccc([C@H]2[NH2+][C@@H](c3ccc(OC)cc3)[C@H]([N+](=O)[O-])C(C)(C)[C@H]2[N+](=O)[O-])cc1. The first-order chi connectivity index (χ1) is 14.2. The molecule has 1 fully saturated rings. The molecule has 2 aromatic carbocycles. The van der Waals surface area contributed by atoms with Crippen LogP contribution < -0.4 is 14.8 Å². The van der Waals surface area contributed by atoms with Gasteiger partial charge in [0, 0.05) is 21.0 Å². The average Bonchev–Trinajstić information content (AvgIpc) is 2.71. The molecular weight excluding hydrogens is 390 g/mol. The fraction of sp³-hybridized carbons (Fsp3) is 0.429. The van der Waals surface area contributed by atoms with E-state index in [2.05, 4.69) is 0 Å². The number of nitrogens with two attached hydrogens (primary N) is 1. The van der Waals surface area contributed by atoms with E-state index in [1.165, 1.54) is 0 Å². The third-order valence-electron chi connectivity index (χ3n) is 6.08. The number of benzene rings is 2. The van der Waals surface area contributed by atoms with Gasteiger partial charge in [-0.05, 0) is 62.4 Å². The van der Waals surface area contributed by atoms with Gasteiger partial charge in [0.25, 0.3) is 12.1 Å². The molecule has 0 aliphatic carbocycles. The molecule has 0 radical (unpaired) electrons. The van der Waals surface area contributed by atoms with Crippen molar-refractivity contribution in [3.8, 4) is 11.5 Å². The summed E-state index contributed by atoms with van der Waals surface area (Å²) in [5, 5.41) is 25.9. The maximum Gasteiger partial charge on any atom is 0.279 e. The maximum atomic E-state index is 12.1. The summed E-state index contributed by atoms with van der Waals surface area (Å²) < 4.78 is 10.4. The number of methoxy groups -OCH3 is 2. The molecule has 1 heterocycles. The summed E-state index contributed by atoms with van der Waals surface area (Å²) in [7, 11) is 3.10. The number of rotatable bonds is 6. The molecular formula is C21H26N3O6+. The van der Waals surface area contributed by atoms with Gasteiger partial charge in [-0.2, -0.15) is 0 Å². The van der Waals surface area contributed by atoms with Gasteiger partial charge in [0.05, 0.1) is 14.2 Å². The number of hydrogen-bond acceptors (Lipinski definition) is 6. The minimum Gasteiger partial charge on any atom is -0.497 e. The van der Waals surface area contributed by atoms with Crippen LogP contribution in [0.1, 0.15) is 37.1 Å². The van der Waals surface area contributed by atoms with Crippen molar-refractivity contribution >= 4 is 0 Å². The van der Waals surface area contributed by atoms with Crippen LogP contribution in [0.5, 0.6) is 11.5 Å². The Morgan fingerprint density at radius 1 is 0.767 bits per heavy atom. The Hall–Kier alpha value is -3.20. The predicted octanol–water partition coefficient (Wildman–Crippen LogP) is 2.38. The highest BCUT2D eigenvalue weighted by Gasteiger charge is 2.65. The Bertz CT molecular complexity index is 840. The lowest BCUT2D eigenvalue weighted by atomic mass is 9.66. The number of nitro groups is 2. The molecule has 1 saturated heterocycles. The molecule has 2 N–H and O–H groups in total. The summed E-state index contributed by atoms with van der Waals surface area (Å²) in [5.74, 6) is 1.28. The van der Waals surface area contributed by atoms with Gasteiger partial charge in [0.15, 0.2) is 12.1 Å². The van der Waals surface area contributed by atoms with E-state index < -0.39 is 29.6 Å². The predicted molar refractivity (Wildman–Crippen MR) is 109 cm³/mol. The molecule has 0 spiro atoms. The zero-order valence-corrected chi connectivity index (χ0v) is 17.3. The third kappa shape index (κ3) is 3.80. The number of nitrogens with zero attached hydrogens (tertiary/aromatic N) is 2. The van der Waals surface area contributed by atoms with Crippen LogP contribution in [0.4, 0.5) is 0 Å². The standard InChI is InChI=1S/C21H25N3O6/c1-21(2)19(23(25)26)17(13-5-9-15(29-3)10-6-13)22-18(20(21)24(27)28)14-7-11-16(30-4)12-8-14/h5-12,17-20,22H,1-4H3/p+1/t17-,18+,19-,20-/m0/s1. The van der Waals surface area contributed by atoms with Crippen molar-refractivity contribution in [1.82, 2.24) is 0 Å². The van der Waals surface area contributed by atoms with Gasteiger partial charge < -0.3 is 14.8 Å². The molecule has 4 atom stereocenters. The maximum absolute atomic E-state index is 12.1.